The van der Waals surface area contributed by atoms with Crippen LogP contribution in [0.3, 0.4) is 0 Å². The summed E-state index contributed by atoms with van der Waals surface area (Å²) in [6.07, 6.45) is 0.831. The van der Waals surface area contributed by atoms with Gasteiger partial charge in [0.2, 0.25) is 5.95 Å². The highest BCUT2D eigenvalue weighted by molar-refractivity contribution is 6.31. The van der Waals surface area contributed by atoms with Crippen molar-refractivity contribution in [2.45, 2.75) is 13.3 Å². The Hall–Kier alpha value is -3.97. The SMILES string of the molecule is Cc1cccc(-c2nnc3c4ccc(Cl)cc4nc(N4CCCN(C(=O)c5ccccc5)CC4)n23)c1. The van der Waals surface area contributed by atoms with Crippen LogP contribution in [-0.4, -0.2) is 56.6 Å². The van der Waals surface area contributed by atoms with Crippen LogP contribution < -0.4 is 4.90 Å². The zero-order chi connectivity index (χ0) is 24.6. The van der Waals surface area contributed by atoms with Gasteiger partial charge in [0.05, 0.1) is 5.52 Å². The van der Waals surface area contributed by atoms with E-state index in [9.17, 15) is 4.79 Å². The van der Waals surface area contributed by atoms with Crippen LogP contribution in [0, 0.1) is 6.92 Å². The second-order valence-corrected chi connectivity index (χ2v) is 9.56. The molecule has 5 aromatic rings. The molecule has 0 spiro atoms. The number of amides is 1. The summed E-state index contributed by atoms with van der Waals surface area (Å²) in [6.45, 7) is 4.78. The van der Waals surface area contributed by atoms with Crippen LogP contribution in [0.5, 0.6) is 0 Å². The third-order valence-corrected chi connectivity index (χ3v) is 6.88. The highest BCUT2D eigenvalue weighted by Crippen LogP contribution is 2.30. The molecule has 1 saturated heterocycles. The van der Waals surface area contributed by atoms with Gasteiger partial charge in [-0.1, -0.05) is 53.6 Å². The van der Waals surface area contributed by atoms with Crippen LogP contribution in [0.2, 0.25) is 5.02 Å². The molecule has 0 N–H and O–H groups in total. The average Bonchev–Trinajstić information content (AvgIpc) is 3.19. The van der Waals surface area contributed by atoms with Crippen LogP contribution in [0.1, 0.15) is 22.3 Å². The molecule has 36 heavy (non-hydrogen) atoms. The summed E-state index contributed by atoms with van der Waals surface area (Å²) in [5.41, 5.74) is 4.36. The van der Waals surface area contributed by atoms with Gasteiger partial charge in [0.25, 0.3) is 5.91 Å². The quantitative estimate of drug-likeness (QED) is 0.341. The van der Waals surface area contributed by atoms with Gasteiger partial charge in [0, 0.05) is 47.7 Å². The van der Waals surface area contributed by atoms with Gasteiger partial charge < -0.3 is 9.80 Å². The van der Waals surface area contributed by atoms with Crippen molar-refractivity contribution in [3.63, 3.8) is 0 Å². The molecule has 0 unspecified atom stereocenters. The Morgan fingerprint density at radius 3 is 2.58 bits per heavy atom. The topological polar surface area (TPSA) is 66.6 Å². The van der Waals surface area contributed by atoms with Gasteiger partial charge in [-0.05, 0) is 49.7 Å². The van der Waals surface area contributed by atoms with E-state index in [0.29, 0.717) is 30.2 Å². The molecule has 1 aliphatic heterocycles. The molecular formula is C28H25ClN6O. The number of aryl methyl sites for hydroxylation is 1. The molecule has 1 amide bonds. The van der Waals surface area contributed by atoms with E-state index in [1.807, 2.05) is 70.0 Å². The first-order chi connectivity index (χ1) is 17.6. The molecule has 180 valence electrons. The summed E-state index contributed by atoms with van der Waals surface area (Å²) < 4.78 is 2.04. The summed E-state index contributed by atoms with van der Waals surface area (Å²) in [5, 5.41) is 10.7. The van der Waals surface area contributed by atoms with Crippen molar-refractivity contribution in [1.29, 1.82) is 0 Å². The number of anilines is 1. The van der Waals surface area contributed by atoms with E-state index in [2.05, 4.69) is 34.2 Å². The van der Waals surface area contributed by atoms with Gasteiger partial charge in [0.1, 0.15) is 0 Å². The van der Waals surface area contributed by atoms with E-state index in [1.54, 1.807) is 0 Å². The second kappa shape index (κ2) is 9.24. The number of nitrogens with zero attached hydrogens (tertiary/aromatic N) is 6. The Labute approximate surface area is 214 Å². The van der Waals surface area contributed by atoms with Gasteiger partial charge >= 0.3 is 0 Å². The summed E-state index contributed by atoms with van der Waals surface area (Å²) in [5.74, 6) is 1.57. The van der Waals surface area contributed by atoms with E-state index in [1.165, 1.54) is 0 Å². The number of hydrogen-bond acceptors (Lipinski definition) is 5. The smallest absolute Gasteiger partial charge is 0.253 e. The molecule has 3 aromatic carbocycles. The van der Waals surface area contributed by atoms with Crippen molar-refractivity contribution in [1.82, 2.24) is 24.5 Å². The molecule has 2 aromatic heterocycles. The number of carbonyl (C=O) groups is 1. The second-order valence-electron chi connectivity index (χ2n) is 9.12. The fourth-order valence-corrected chi connectivity index (χ4v) is 5.03. The zero-order valence-corrected chi connectivity index (χ0v) is 20.7. The third-order valence-electron chi connectivity index (χ3n) is 6.65. The summed E-state index contributed by atoms with van der Waals surface area (Å²) >= 11 is 6.32. The van der Waals surface area contributed by atoms with Crippen molar-refractivity contribution in [3.05, 3.63) is 88.9 Å². The fourth-order valence-electron chi connectivity index (χ4n) is 4.86. The van der Waals surface area contributed by atoms with E-state index in [4.69, 9.17) is 16.6 Å². The van der Waals surface area contributed by atoms with Crippen LogP contribution in [0.4, 0.5) is 5.95 Å². The highest BCUT2D eigenvalue weighted by Gasteiger charge is 2.25. The Morgan fingerprint density at radius 1 is 0.889 bits per heavy atom. The molecule has 0 aliphatic carbocycles. The first-order valence-electron chi connectivity index (χ1n) is 12.1. The van der Waals surface area contributed by atoms with Crippen LogP contribution in [-0.2, 0) is 0 Å². The van der Waals surface area contributed by atoms with Crippen molar-refractivity contribution in [2.24, 2.45) is 0 Å². The lowest BCUT2D eigenvalue weighted by Gasteiger charge is -2.24. The number of carbonyl (C=O) groups excluding carboxylic acids is 1. The molecular weight excluding hydrogens is 472 g/mol. The van der Waals surface area contributed by atoms with Crippen molar-refractivity contribution in [3.8, 4) is 11.4 Å². The number of aromatic nitrogens is 4. The number of halogens is 1. The summed E-state index contributed by atoms with van der Waals surface area (Å²) in [7, 11) is 0. The van der Waals surface area contributed by atoms with Crippen molar-refractivity contribution < 1.29 is 4.79 Å². The Bertz CT molecular complexity index is 1580. The molecule has 1 aliphatic rings. The molecule has 3 heterocycles. The average molecular weight is 497 g/mol. The fraction of sp³-hybridized carbons (Fsp3) is 0.214. The monoisotopic (exact) mass is 496 g/mol. The largest absolute Gasteiger partial charge is 0.340 e. The Kier molecular flexibility index (Phi) is 5.77. The first kappa shape index (κ1) is 22.5. The number of rotatable bonds is 3. The maximum absolute atomic E-state index is 13.1. The lowest BCUT2D eigenvalue weighted by molar-refractivity contribution is 0.0767. The standard InChI is InChI=1S/C28H25ClN6O/c1-19-7-5-10-21(17-19)25-31-32-26-23-12-11-22(29)18-24(23)30-28(35(25)26)34-14-6-13-33(15-16-34)27(36)20-8-3-2-4-9-20/h2-5,7-12,17-18H,6,13-16H2,1H3. The van der Waals surface area contributed by atoms with Gasteiger partial charge in [-0.3, -0.25) is 4.79 Å². The van der Waals surface area contributed by atoms with Gasteiger partial charge in [-0.25, -0.2) is 9.38 Å². The van der Waals surface area contributed by atoms with Crippen molar-refractivity contribution >= 4 is 40.0 Å². The maximum atomic E-state index is 13.1. The molecule has 0 atom stereocenters. The molecule has 0 saturated carbocycles. The predicted molar refractivity (Wildman–Crippen MR) is 143 cm³/mol. The third kappa shape index (κ3) is 4.05. The molecule has 0 bridgehead atoms. The number of hydrogen-bond donors (Lipinski definition) is 0. The molecule has 1 fully saturated rings. The van der Waals surface area contributed by atoms with Gasteiger partial charge in [-0.2, -0.15) is 0 Å². The van der Waals surface area contributed by atoms with Crippen molar-refractivity contribution in [2.75, 3.05) is 31.1 Å². The summed E-state index contributed by atoms with van der Waals surface area (Å²) in [4.78, 5) is 22.3. The lowest BCUT2D eigenvalue weighted by Crippen LogP contribution is -2.35. The molecule has 6 rings (SSSR count). The van der Waals surface area contributed by atoms with E-state index < -0.39 is 0 Å². The minimum Gasteiger partial charge on any atom is -0.340 e. The van der Waals surface area contributed by atoms with E-state index >= 15 is 0 Å². The van der Waals surface area contributed by atoms with E-state index in [-0.39, 0.29) is 5.91 Å². The molecule has 7 nitrogen and oxygen atoms in total. The Balaban J connectivity index is 1.44. The minimum atomic E-state index is 0.0607. The predicted octanol–water partition coefficient (Wildman–Crippen LogP) is 5.26. The minimum absolute atomic E-state index is 0.0607. The number of fused-ring (bicyclic) bond motifs is 3. The van der Waals surface area contributed by atoms with Crippen LogP contribution in [0.15, 0.2) is 72.8 Å². The normalized spacial score (nSPS) is 14.4. The highest BCUT2D eigenvalue weighted by atomic mass is 35.5. The zero-order valence-electron chi connectivity index (χ0n) is 19.9. The van der Waals surface area contributed by atoms with Gasteiger partial charge in [-0.15, -0.1) is 10.2 Å². The van der Waals surface area contributed by atoms with Crippen LogP contribution in [0.25, 0.3) is 27.9 Å². The first-order valence-corrected chi connectivity index (χ1v) is 12.5. The number of benzene rings is 3. The van der Waals surface area contributed by atoms with Crippen LogP contribution >= 0.6 is 11.6 Å². The molecule has 0 radical (unpaired) electrons. The summed E-state index contributed by atoms with van der Waals surface area (Å²) in [6, 6.07) is 23.4. The Morgan fingerprint density at radius 2 is 1.75 bits per heavy atom. The molecule has 8 heteroatoms. The van der Waals surface area contributed by atoms with E-state index in [0.717, 1.165) is 52.4 Å². The van der Waals surface area contributed by atoms with Gasteiger partial charge in [0.15, 0.2) is 11.5 Å². The lowest BCUT2D eigenvalue weighted by atomic mass is 10.1. The maximum Gasteiger partial charge on any atom is 0.253 e.